The number of nitrogens with zero attached hydrogens (tertiary/aromatic N) is 2. The smallest absolute Gasteiger partial charge is 0.341 e. The minimum Gasteiger partial charge on any atom is -0.459 e. The number of thioether (sulfide) groups is 1. The molecule has 1 aromatic heterocycles. The topological polar surface area (TPSA) is 82.3 Å². The molecule has 2 rings (SSSR count). The summed E-state index contributed by atoms with van der Waals surface area (Å²) in [5, 5.41) is 11.8. The average molecular weight is 374 g/mol. The van der Waals surface area contributed by atoms with Crippen molar-refractivity contribution in [2.75, 3.05) is 6.26 Å². The molecule has 0 aliphatic carbocycles. The highest BCUT2D eigenvalue weighted by Crippen LogP contribution is 2.39. The molecule has 0 N–H and O–H groups in total. The summed E-state index contributed by atoms with van der Waals surface area (Å²) in [6.45, 7) is 6.74. The number of ether oxygens (including phenoxy) is 1. The first-order chi connectivity index (χ1) is 12.3. The molecular weight excluding hydrogens is 352 g/mol. The maximum atomic E-state index is 12.7. The number of carbonyl (C=O) groups is 1. The Morgan fingerprint density at radius 1 is 1.27 bits per heavy atom. The van der Waals surface area contributed by atoms with Gasteiger partial charge in [0.1, 0.15) is 5.69 Å². The Bertz CT molecular complexity index is 850. The molecule has 26 heavy (non-hydrogen) atoms. The second-order valence-electron chi connectivity index (χ2n) is 6.18. The zero-order chi connectivity index (χ0) is 19.4. The first kappa shape index (κ1) is 19.9. The van der Waals surface area contributed by atoms with Gasteiger partial charge in [0.05, 0.1) is 27.8 Å². The third kappa shape index (κ3) is 4.04. The second-order valence-corrected chi connectivity index (χ2v) is 7.05. The van der Waals surface area contributed by atoms with E-state index >= 15 is 0 Å². The van der Waals surface area contributed by atoms with Crippen LogP contribution in [0.4, 0.5) is 5.69 Å². The van der Waals surface area contributed by atoms with Gasteiger partial charge in [-0.1, -0.05) is 24.3 Å². The number of hydrogen-bond acceptors (Lipinski definition) is 6. The fourth-order valence-electron chi connectivity index (χ4n) is 2.89. The number of aryl methyl sites for hydroxylation is 2. The van der Waals surface area contributed by atoms with Gasteiger partial charge in [0.25, 0.3) is 5.69 Å². The Hall–Kier alpha value is -2.41. The molecule has 0 radical (unpaired) electrons. The van der Waals surface area contributed by atoms with Crippen LogP contribution in [-0.4, -0.2) is 28.2 Å². The zero-order valence-corrected chi connectivity index (χ0v) is 16.3. The first-order valence-electron chi connectivity index (χ1n) is 8.21. The molecule has 1 heterocycles. The summed E-state index contributed by atoms with van der Waals surface area (Å²) in [5.41, 5.74) is 2.58. The monoisotopic (exact) mass is 374 g/mol. The summed E-state index contributed by atoms with van der Waals surface area (Å²) >= 11 is 1.61. The van der Waals surface area contributed by atoms with E-state index in [2.05, 4.69) is 4.98 Å². The van der Waals surface area contributed by atoms with E-state index in [1.807, 2.05) is 24.5 Å². The Morgan fingerprint density at radius 3 is 2.50 bits per heavy atom. The van der Waals surface area contributed by atoms with Gasteiger partial charge >= 0.3 is 5.97 Å². The SMILES string of the molecule is CSCc1ccccc1-c1c(C(=O)OC(C)C)c(C)nc(C)c1[N+](=O)[O-]. The highest BCUT2D eigenvalue weighted by molar-refractivity contribution is 7.97. The van der Waals surface area contributed by atoms with Crippen molar-refractivity contribution in [2.45, 2.75) is 39.6 Å². The van der Waals surface area contributed by atoms with Crippen molar-refractivity contribution in [3.63, 3.8) is 0 Å². The van der Waals surface area contributed by atoms with Gasteiger partial charge in [-0.25, -0.2) is 4.79 Å². The Kier molecular flexibility index (Phi) is 6.37. The molecule has 0 aliphatic rings. The molecule has 6 nitrogen and oxygen atoms in total. The van der Waals surface area contributed by atoms with Gasteiger partial charge in [0, 0.05) is 5.75 Å². The van der Waals surface area contributed by atoms with Crippen LogP contribution >= 0.6 is 11.8 Å². The lowest BCUT2D eigenvalue weighted by atomic mass is 9.93. The molecule has 138 valence electrons. The van der Waals surface area contributed by atoms with E-state index in [4.69, 9.17) is 4.74 Å². The second kappa shape index (κ2) is 8.31. The average Bonchev–Trinajstić information content (AvgIpc) is 2.53. The van der Waals surface area contributed by atoms with Crippen LogP contribution in [0, 0.1) is 24.0 Å². The molecule has 7 heteroatoms. The minimum absolute atomic E-state index is 0.153. The number of hydrogen-bond donors (Lipinski definition) is 0. The number of benzene rings is 1. The predicted molar refractivity (Wildman–Crippen MR) is 104 cm³/mol. The van der Waals surface area contributed by atoms with Crippen molar-refractivity contribution >= 4 is 23.4 Å². The normalized spacial score (nSPS) is 10.8. The van der Waals surface area contributed by atoms with Crippen LogP contribution in [0.25, 0.3) is 11.1 Å². The van der Waals surface area contributed by atoms with Crippen LogP contribution in [0.3, 0.4) is 0 Å². The quantitative estimate of drug-likeness (QED) is 0.414. The Labute approximate surface area is 157 Å². The van der Waals surface area contributed by atoms with E-state index in [9.17, 15) is 14.9 Å². The van der Waals surface area contributed by atoms with Crippen LogP contribution in [0.15, 0.2) is 24.3 Å². The van der Waals surface area contributed by atoms with Crippen molar-refractivity contribution < 1.29 is 14.5 Å². The summed E-state index contributed by atoms with van der Waals surface area (Å²) in [5.74, 6) is 0.0777. The Morgan fingerprint density at radius 2 is 1.92 bits per heavy atom. The molecule has 0 spiro atoms. The molecular formula is C19H22N2O4S. The molecule has 0 atom stereocenters. The third-order valence-corrected chi connectivity index (χ3v) is 4.44. The molecule has 0 unspecified atom stereocenters. The predicted octanol–water partition coefficient (Wildman–Crippen LogP) is 4.70. The highest BCUT2D eigenvalue weighted by Gasteiger charge is 2.31. The van der Waals surface area contributed by atoms with E-state index in [1.54, 1.807) is 45.5 Å². The minimum atomic E-state index is -0.595. The van der Waals surface area contributed by atoms with Crippen LogP contribution in [0.2, 0.25) is 0 Å². The Balaban J connectivity index is 2.89. The van der Waals surface area contributed by atoms with Gasteiger partial charge in [0.2, 0.25) is 0 Å². The summed E-state index contributed by atoms with van der Waals surface area (Å²) in [4.78, 5) is 28.3. The first-order valence-corrected chi connectivity index (χ1v) is 9.61. The lowest BCUT2D eigenvalue weighted by molar-refractivity contribution is -0.385. The molecule has 0 saturated heterocycles. The van der Waals surface area contributed by atoms with Crippen molar-refractivity contribution in [1.82, 2.24) is 4.98 Å². The standard InChI is InChI=1S/C19H22N2O4S/c1-11(2)25-19(22)16-12(3)20-13(4)18(21(23)24)17(16)15-9-7-6-8-14(15)10-26-5/h6-9,11H,10H2,1-5H3. The fraction of sp³-hybridized carbons (Fsp3) is 0.368. The number of rotatable bonds is 6. The van der Waals surface area contributed by atoms with Crippen LogP contribution in [-0.2, 0) is 10.5 Å². The number of aromatic nitrogens is 1. The maximum absolute atomic E-state index is 12.7. The largest absolute Gasteiger partial charge is 0.459 e. The van der Waals surface area contributed by atoms with Crippen molar-refractivity contribution in [1.29, 1.82) is 0 Å². The fourth-order valence-corrected chi connectivity index (χ4v) is 3.46. The summed E-state index contributed by atoms with van der Waals surface area (Å²) in [7, 11) is 0. The summed E-state index contributed by atoms with van der Waals surface area (Å²) in [6, 6.07) is 7.41. The number of esters is 1. The number of nitro groups is 1. The molecule has 0 amide bonds. The van der Waals surface area contributed by atoms with Gasteiger partial charge < -0.3 is 4.74 Å². The van der Waals surface area contributed by atoms with Crippen LogP contribution in [0.1, 0.15) is 41.2 Å². The van der Waals surface area contributed by atoms with E-state index in [0.717, 1.165) is 5.56 Å². The van der Waals surface area contributed by atoms with E-state index in [0.29, 0.717) is 17.0 Å². The van der Waals surface area contributed by atoms with Crippen molar-refractivity contribution in [3.8, 4) is 11.1 Å². The molecule has 0 saturated carbocycles. The molecule has 0 fully saturated rings. The van der Waals surface area contributed by atoms with E-state index < -0.39 is 10.9 Å². The zero-order valence-electron chi connectivity index (χ0n) is 15.5. The van der Waals surface area contributed by atoms with Crippen LogP contribution < -0.4 is 0 Å². The van der Waals surface area contributed by atoms with Gasteiger partial charge in [-0.15, -0.1) is 0 Å². The molecule has 0 bridgehead atoms. The number of pyridine rings is 1. The van der Waals surface area contributed by atoms with Gasteiger partial charge in [-0.05, 0) is 45.1 Å². The van der Waals surface area contributed by atoms with Gasteiger partial charge in [0.15, 0.2) is 0 Å². The van der Waals surface area contributed by atoms with E-state index in [1.165, 1.54) is 0 Å². The summed E-state index contributed by atoms with van der Waals surface area (Å²) < 4.78 is 5.35. The molecule has 1 aromatic carbocycles. The lowest BCUT2D eigenvalue weighted by Crippen LogP contribution is -2.17. The summed E-state index contributed by atoms with van der Waals surface area (Å²) in [6.07, 6.45) is 1.62. The van der Waals surface area contributed by atoms with Gasteiger partial charge in [-0.2, -0.15) is 11.8 Å². The molecule has 2 aromatic rings. The number of carbonyl (C=O) groups excluding carboxylic acids is 1. The van der Waals surface area contributed by atoms with E-state index in [-0.39, 0.29) is 28.6 Å². The lowest BCUT2D eigenvalue weighted by Gasteiger charge is -2.17. The molecule has 0 aliphatic heterocycles. The van der Waals surface area contributed by atoms with Crippen molar-refractivity contribution in [3.05, 3.63) is 56.9 Å². The highest BCUT2D eigenvalue weighted by atomic mass is 32.2. The van der Waals surface area contributed by atoms with Crippen LogP contribution in [0.5, 0.6) is 0 Å². The third-order valence-electron chi connectivity index (χ3n) is 3.84. The van der Waals surface area contributed by atoms with Gasteiger partial charge in [-0.3, -0.25) is 15.1 Å². The maximum Gasteiger partial charge on any atom is 0.341 e. The van der Waals surface area contributed by atoms with Crippen molar-refractivity contribution in [2.24, 2.45) is 0 Å².